The average Bonchev–Trinajstić information content (AvgIpc) is 2.14. The highest BCUT2D eigenvalue weighted by Crippen LogP contribution is 2.06. The standard InChI is InChI=1S/C12H27N3O2/c1-10(6-9-14-8-5-7-13)15-11(16)17-12(2,3)4/h10,14H,5-9,13H2,1-4H3,(H,15,16). The molecular formula is C12H27N3O2. The Morgan fingerprint density at radius 3 is 2.53 bits per heavy atom. The van der Waals surface area contributed by atoms with Crippen LogP contribution in [0, 0.1) is 0 Å². The van der Waals surface area contributed by atoms with Crippen LogP contribution >= 0.6 is 0 Å². The Bertz CT molecular complexity index is 214. The van der Waals surface area contributed by atoms with Gasteiger partial charge in [-0.3, -0.25) is 0 Å². The first kappa shape index (κ1) is 16.2. The van der Waals surface area contributed by atoms with Gasteiger partial charge in [0.25, 0.3) is 0 Å². The van der Waals surface area contributed by atoms with Gasteiger partial charge >= 0.3 is 6.09 Å². The van der Waals surface area contributed by atoms with Crippen LogP contribution in [0.15, 0.2) is 0 Å². The lowest BCUT2D eigenvalue weighted by Gasteiger charge is -2.22. The van der Waals surface area contributed by atoms with Crippen molar-refractivity contribution in [3.05, 3.63) is 0 Å². The Hall–Kier alpha value is -0.810. The average molecular weight is 245 g/mol. The molecule has 5 heteroatoms. The second kappa shape index (κ2) is 8.31. The first-order valence-corrected chi connectivity index (χ1v) is 6.25. The summed E-state index contributed by atoms with van der Waals surface area (Å²) < 4.78 is 5.17. The van der Waals surface area contributed by atoms with Crippen molar-refractivity contribution in [3.63, 3.8) is 0 Å². The lowest BCUT2D eigenvalue weighted by atomic mass is 10.2. The summed E-state index contributed by atoms with van der Waals surface area (Å²) in [6.45, 7) is 10.0. The second-order valence-corrected chi connectivity index (χ2v) is 5.23. The summed E-state index contributed by atoms with van der Waals surface area (Å²) in [6.07, 6.45) is 1.50. The Balaban J connectivity index is 3.57. The SMILES string of the molecule is CC(CCNCCCN)NC(=O)OC(C)(C)C. The van der Waals surface area contributed by atoms with Crippen LogP contribution in [0.4, 0.5) is 4.79 Å². The molecule has 0 aromatic carbocycles. The topological polar surface area (TPSA) is 76.4 Å². The van der Waals surface area contributed by atoms with Gasteiger partial charge in [0.2, 0.25) is 0 Å². The normalized spacial score (nSPS) is 13.2. The summed E-state index contributed by atoms with van der Waals surface area (Å²) in [5.41, 5.74) is 4.94. The van der Waals surface area contributed by atoms with Crippen molar-refractivity contribution in [1.29, 1.82) is 0 Å². The number of amides is 1. The molecule has 0 aliphatic rings. The molecule has 102 valence electrons. The summed E-state index contributed by atoms with van der Waals surface area (Å²) in [4.78, 5) is 11.4. The van der Waals surface area contributed by atoms with E-state index in [1.807, 2.05) is 27.7 Å². The fourth-order valence-corrected chi connectivity index (χ4v) is 1.25. The molecule has 5 nitrogen and oxygen atoms in total. The maximum Gasteiger partial charge on any atom is 0.407 e. The van der Waals surface area contributed by atoms with Gasteiger partial charge in [-0.05, 0) is 60.2 Å². The molecule has 17 heavy (non-hydrogen) atoms. The second-order valence-electron chi connectivity index (χ2n) is 5.23. The molecule has 0 radical (unpaired) electrons. The first-order valence-electron chi connectivity index (χ1n) is 6.25. The minimum absolute atomic E-state index is 0.107. The lowest BCUT2D eigenvalue weighted by Crippen LogP contribution is -2.39. The summed E-state index contributed by atoms with van der Waals surface area (Å²) in [7, 11) is 0. The van der Waals surface area contributed by atoms with Gasteiger partial charge < -0.3 is 21.1 Å². The summed E-state index contributed by atoms with van der Waals surface area (Å²) in [6, 6.07) is 0.107. The number of hydrogen-bond acceptors (Lipinski definition) is 4. The van der Waals surface area contributed by atoms with Crippen molar-refractivity contribution in [2.24, 2.45) is 5.73 Å². The third-order valence-electron chi connectivity index (χ3n) is 2.07. The summed E-state index contributed by atoms with van der Waals surface area (Å²) in [5, 5.41) is 6.07. The Morgan fingerprint density at radius 2 is 2.00 bits per heavy atom. The molecule has 0 aliphatic carbocycles. The molecule has 0 rings (SSSR count). The van der Waals surface area contributed by atoms with Crippen molar-refractivity contribution < 1.29 is 9.53 Å². The van der Waals surface area contributed by atoms with E-state index in [-0.39, 0.29) is 12.1 Å². The molecule has 0 aromatic heterocycles. The zero-order valence-corrected chi connectivity index (χ0v) is 11.5. The zero-order chi connectivity index (χ0) is 13.3. The molecule has 0 saturated heterocycles. The smallest absolute Gasteiger partial charge is 0.407 e. The van der Waals surface area contributed by atoms with E-state index in [9.17, 15) is 4.79 Å². The Kier molecular flexibility index (Phi) is 7.91. The quantitative estimate of drug-likeness (QED) is 0.590. The predicted octanol–water partition coefficient (Wildman–Crippen LogP) is 1.23. The van der Waals surface area contributed by atoms with Crippen molar-refractivity contribution in [3.8, 4) is 0 Å². The van der Waals surface area contributed by atoms with Gasteiger partial charge in [-0.2, -0.15) is 0 Å². The number of ether oxygens (including phenoxy) is 1. The van der Waals surface area contributed by atoms with Crippen molar-refractivity contribution >= 4 is 6.09 Å². The van der Waals surface area contributed by atoms with Gasteiger partial charge in [0.1, 0.15) is 5.60 Å². The van der Waals surface area contributed by atoms with E-state index in [4.69, 9.17) is 10.5 Å². The molecule has 0 bridgehead atoms. The van der Waals surface area contributed by atoms with Crippen LogP contribution in [0.3, 0.4) is 0 Å². The van der Waals surface area contributed by atoms with E-state index in [1.165, 1.54) is 0 Å². The van der Waals surface area contributed by atoms with Crippen LogP contribution in [0.2, 0.25) is 0 Å². The van der Waals surface area contributed by atoms with Crippen LogP contribution in [0.5, 0.6) is 0 Å². The number of alkyl carbamates (subject to hydrolysis) is 1. The zero-order valence-electron chi connectivity index (χ0n) is 11.5. The third-order valence-corrected chi connectivity index (χ3v) is 2.07. The van der Waals surface area contributed by atoms with Gasteiger partial charge in [-0.25, -0.2) is 4.79 Å². The van der Waals surface area contributed by atoms with Gasteiger partial charge in [-0.15, -0.1) is 0 Å². The third kappa shape index (κ3) is 11.5. The highest BCUT2D eigenvalue weighted by molar-refractivity contribution is 5.67. The molecule has 1 amide bonds. The van der Waals surface area contributed by atoms with Crippen LogP contribution in [0.25, 0.3) is 0 Å². The van der Waals surface area contributed by atoms with E-state index in [0.29, 0.717) is 6.54 Å². The van der Waals surface area contributed by atoms with E-state index < -0.39 is 5.60 Å². The summed E-state index contributed by atoms with van der Waals surface area (Å²) in [5.74, 6) is 0. The van der Waals surface area contributed by atoms with E-state index >= 15 is 0 Å². The molecule has 0 saturated carbocycles. The minimum Gasteiger partial charge on any atom is -0.444 e. The first-order chi connectivity index (χ1) is 7.85. The van der Waals surface area contributed by atoms with E-state index in [2.05, 4.69) is 10.6 Å². The van der Waals surface area contributed by atoms with Crippen LogP contribution in [-0.2, 0) is 4.74 Å². The number of rotatable bonds is 7. The molecule has 1 atom stereocenters. The molecular weight excluding hydrogens is 218 g/mol. The Labute approximate surface area is 104 Å². The molecule has 4 N–H and O–H groups in total. The number of carbonyl (C=O) groups is 1. The molecule has 0 aliphatic heterocycles. The number of hydrogen-bond donors (Lipinski definition) is 3. The maximum atomic E-state index is 11.4. The Morgan fingerprint density at radius 1 is 1.35 bits per heavy atom. The van der Waals surface area contributed by atoms with Gasteiger partial charge in [0, 0.05) is 6.04 Å². The van der Waals surface area contributed by atoms with Crippen LogP contribution < -0.4 is 16.4 Å². The van der Waals surface area contributed by atoms with Crippen LogP contribution in [-0.4, -0.2) is 37.4 Å². The largest absolute Gasteiger partial charge is 0.444 e. The fraction of sp³-hybridized carbons (Fsp3) is 0.917. The van der Waals surface area contributed by atoms with Crippen molar-refractivity contribution in [2.45, 2.75) is 52.2 Å². The van der Waals surface area contributed by atoms with Crippen LogP contribution in [0.1, 0.15) is 40.5 Å². The minimum atomic E-state index is -0.441. The highest BCUT2D eigenvalue weighted by Gasteiger charge is 2.17. The summed E-state index contributed by atoms with van der Waals surface area (Å²) >= 11 is 0. The van der Waals surface area contributed by atoms with Gasteiger partial charge in [0.05, 0.1) is 0 Å². The monoisotopic (exact) mass is 245 g/mol. The lowest BCUT2D eigenvalue weighted by molar-refractivity contribution is 0.0506. The molecule has 0 fully saturated rings. The molecule has 0 aromatic rings. The van der Waals surface area contributed by atoms with Gasteiger partial charge in [-0.1, -0.05) is 0 Å². The van der Waals surface area contributed by atoms with E-state index in [1.54, 1.807) is 0 Å². The number of carbonyl (C=O) groups excluding carboxylic acids is 1. The predicted molar refractivity (Wildman–Crippen MR) is 70.0 cm³/mol. The highest BCUT2D eigenvalue weighted by atomic mass is 16.6. The van der Waals surface area contributed by atoms with Crippen molar-refractivity contribution in [2.75, 3.05) is 19.6 Å². The van der Waals surface area contributed by atoms with Gasteiger partial charge in [0.15, 0.2) is 0 Å². The number of nitrogens with one attached hydrogen (secondary N) is 2. The molecule has 0 spiro atoms. The maximum absolute atomic E-state index is 11.4. The molecule has 1 unspecified atom stereocenters. The fourth-order valence-electron chi connectivity index (χ4n) is 1.25. The molecule has 0 heterocycles. The van der Waals surface area contributed by atoms with Crippen molar-refractivity contribution in [1.82, 2.24) is 10.6 Å². The number of nitrogens with two attached hydrogens (primary N) is 1. The van der Waals surface area contributed by atoms with E-state index in [0.717, 1.165) is 25.9 Å².